The van der Waals surface area contributed by atoms with Gasteiger partial charge in [0.15, 0.2) is 5.72 Å². The maximum atomic E-state index is 14.3. The molecule has 2 unspecified atom stereocenters. The Morgan fingerprint density at radius 2 is 1.58 bits per heavy atom. The van der Waals surface area contributed by atoms with E-state index in [1.807, 2.05) is 0 Å². The van der Waals surface area contributed by atoms with E-state index in [-0.39, 0.29) is 23.9 Å². The van der Waals surface area contributed by atoms with Gasteiger partial charge in [-0.3, -0.25) is 14.7 Å². The van der Waals surface area contributed by atoms with Gasteiger partial charge in [0.05, 0.1) is 12.1 Å². The zero-order chi connectivity index (χ0) is 32.4. The van der Waals surface area contributed by atoms with Gasteiger partial charge in [0.1, 0.15) is 0 Å². The standard InChI is InChI=1S/C31H51F4NO6S/c1-18(7-12-26(38)42-27(3,4)36-19(2)30(32,33)31(34,35)43(39,40)41)23-10-11-24-22-9-8-20-17-21(37)13-15-28(20,5)25(22)14-16-29(23,24)6/h18-25,36-37H,7-17H2,1-6H3,(H,39,40,41)/t18-,19?,20-,21-,22+,23-,24?,25+,28+,29-/m1/s1. The molecule has 4 rings (SSSR count). The Kier molecular flexibility index (Phi) is 9.47. The molecule has 7 nitrogen and oxygen atoms in total. The van der Waals surface area contributed by atoms with Gasteiger partial charge >= 0.3 is 27.3 Å². The zero-order valence-corrected chi connectivity index (χ0v) is 27.2. The molecule has 4 aliphatic rings. The highest BCUT2D eigenvalue weighted by atomic mass is 32.2. The Labute approximate surface area is 254 Å². The molecular weight excluding hydrogens is 590 g/mol. The van der Waals surface area contributed by atoms with Gasteiger partial charge in [-0.1, -0.05) is 20.8 Å². The molecule has 0 aliphatic heterocycles. The molecule has 10 atom stereocenters. The lowest BCUT2D eigenvalue weighted by Crippen LogP contribution is -2.62. The molecule has 4 aliphatic carbocycles. The van der Waals surface area contributed by atoms with Crippen LogP contribution in [0.4, 0.5) is 17.6 Å². The van der Waals surface area contributed by atoms with Gasteiger partial charge in [-0.05, 0) is 131 Å². The fraction of sp³-hybridized carbons (Fsp3) is 0.968. The summed E-state index contributed by atoms with van der Waals surface area (Å²) in [6.07, 6.45) is 10.4. The summed E-state index contributed by atoms with van der Waals surface area (Å²) < 4.78 is 91.8. The van der Waals surface area contributed by atoms with E-state index in [4.69, 9.17) is 9.29 Å². The Morgan fingerprint density at radius 1 is 0.977 bits per heavy atom. The lowest BCUT2D eigenvalue weighted by Gasteiger charge is -2.61. The van der Waals surface area contributed by atoms with Crippen LogP contribution in [-0.2, 0) is 19.6 Å². The van der Waals surface area contributed by atoms with Crippen LogP contribution in [0.3, 0.4) is 0 Å². The van der Waals surface area contributed by atoms with Gasteiger partial charge in [-0.25, -0.2) is 0 Å². The van der Waals surface area contributed by atoms with Crippen LogP contribution in [0.1, 0.15) is 112 Å². The fourth-order valence-electron chi connectivity index (χ4n) is 10.2. The average molecular weight is 642 g/mol. The van der Waals surface area contributed by atoms with Crippen molar-refractivity contribution in [1.29, 1.82) is 0 Å². The molecular formula is C31H51F4NO6S. The number of aliphatic hydroxyl groups is 1. The average Bonchev–Trinajstić information content (AvgIpc) is 3.23. The molecule has 12 heteroatoms. The monoisotopic (exact) mass is 641 g/mol. The number of ether oxygens (including phenoxy) is 1. The van der Waals surface area contributed by atoms with Crippen molar-refractivity contribution in [1.82, 2.24) is 5.32 Å². The molecule has 0 bridgehead atoms. The number of aliphatic hydroxyl groups excluding tert-OH is 1. The molecule has 43 heavy (non-hydrogen) atoms. The number of hydrogen-bond donors (Lipinski definition) is 3. The number of carbonyl (C=O) groups is 1. The van der Waals surface area contributed by atoms with Gasteiger partial charge < -0.3 is 9.84 Å². The van der Waals surface area contributed by atoms with Crippen molar-refractivity contribution in [3.05, 3.63) is 0 Å². The van der Waals surface area contributed by atoms with Gasteiger partial charge in [-0.2, -0.15) is 26.0 Å². The Balaban J connectivity index is 1.33. The molecule has 0 spiro atoms. The van der Waals surface area contributed by atoms with E-state index in [0.29, 0.717) is 48.3 Å². The van der Waals surface area contributed by atoms with Gasteiger partial charge in [-0.15, -0.1) is 0 Å². The summed E-state index contributed by atoms with van der Waals surface area (Å²) in [5.74, 6) is -2.54. The summed E-state index contributed by atoms with van der Waals surface area (Å²) in [6.45, 7) is 10.1. The first-order valence-corrected chi connectivity index (χ1v) is 17.4. The maximum Gasteiger partial charge on any atom is 0.433 e. The summed E-state index contributed by atoms with van der Waals surface area (Å²) in [5.41, 5.74) is -1.31. The van der Waals surface area contributed by atoms with Gasteiger partial charge in [0.25, 0.3) is 0 Å². The first kappa shape index (κ1) is 34.9. The molecule has 0 radical (unpaired) electrons. The van der Waals surface area contributed by atoms with Gasteiger partial charge in [0.2, 0.25) is 0 Å². The highest BCUT2D eigenvalue weighted by molar-refractivity contribution is 7.87. The molecule has 4 saturated carbocycles. The minimum atomic E-state index is -6.38. The molecule has 0 aromatic rings. The molecule has 4 fully saturated rings. The van der Waals surface area contributed by atoms with E-state index in [2.05, 4.69) is 26.1 Å². The summed E-state index contributed by atoms with van der Waals surface area (Å²) in [7, 11) is -6.38. The van der Waals surface area contributed by atoms with Crippen molar-refractivity contribution < 1.29 is 45.2 Å². The number of hydrogen-bond acceptors (Lipinski definition) is 6. The number of halogens is 4. The van der Waals surface area contributed by atoms with Crippen molar-refractivity contribution in [2.24, 2.45) is 46.3 Å². The van der Waals surface area contributed by atoms with Crippen LogP contribution in [0.5, 0.6) is 0 Å². The van der Waals surface area contributed by atoms with Crippen molar-refractivity contribution >= 4 is 16.1 Å². The predicted octanol–water partition coefficient (Wildman–Crippen LogP) is 6.80. The van der Waals surface area contributed by atoms with Crippen LogP contribution in [0.15, 0.2) is 0 Å². The predicted molar refractivity (Wildman–Crippen MR) is 154 cm³/mol. The van der Waals surface area contributed by atoms with E-state index >= 15 is 0 Å². The third-order valence-electron chi connectivity index (χ3n) is 12.4. The lowest BCUT2D eigenvalue weighted by molar-refractivity contribution is -0.192. The van der Waals surface area contributed by atoms with Crippen LogP contribution >= 0.6 is 0 Å². The fourth-order valence-corrected chi connectivity index (χ4v) is 10.7. The van der Waals surface area contributed by atoms with Gasteiger partial charge in [0, 0.05) is 6.42 Å². The summed E-state index contributed by atoms with van der Waals surface area (Å²) in [6, 6.07) is -2.45. The second-order valence-electron chi connectivity index (χ2n) is 15.3. The molecule has 0 aromatic heterocycles. The van der Waals surface area contributed by atoms with E-state index in [1.54, 1.807) is 0 Å². The highest BCUT2D eigenvalue weighted by Crippen LogP contribution is 2.68. The number of alkyl halides is 4. The maximum absolute atomic E-state index is 14.3. The topological polar surface area (TPSA) is 113 Å². The summed E-state index contributed by atoms with van der Waals surface area (Å²) in [4.78, 5) is 12.8. The van der Waals surface area contributed by atoms with Crippen molar-refractivity contribution in [3.8, 4) is 0 Å². The van der Waals surface area contributed by atoms with E-state index in [0.717, 1.165) is 32.1 Å². The van der Waals surface area contributed by atoms with E-state index in [9.17, 15) is 35.9 Å². The van der Waals surface area contributed by atoms with Crippen LogP contribution in [0.25, 0.3) is 0 Å². The zero-order valence-electron chi connectivity index (χ0n) is 26.3. The van der Waals surface area contributed by atoms with Crippen LogP contribution in [0.2, 0.25) is 0 Å². The van der Waals surface area contributed by atoms with Crippen molar-refractivity contribution in [3.63, 3.8) is 0 Å². The first-order valence-electron chi connectivity index (χ1n) is 16.0. The Hall–Kier alpha value is -0.980. The molecule has 0 saturated heterocycles. The number of fused-ring (bicyclic) bond motifs is 5. The van der Waals surface area contributed by atoms with E-state index < -0.39 is 39.0 Å². The third-order valence-corrected chi connectivity index (χ3v) is 13.3. The van der Waals surface area contributed by atoms with Crippen LogP contribution in [-0.4, -0.2) is 53.1 Å². The molecule has 250 valence electrons. The molecule has 0 heterocycles. The van der Waals surface area contributed by atoms with Crippen LogP contribution in [0, 0.1) is 46.3 Å². The minimum absolute atomic E-state index is 0.0314. The molecule has 0 aromatic carbocycles. The second-order valence-corrected chi connectivity index (χ2v) is 16.8. The number of esters is 1. The number of carbonyl (C=O) groups excluding carboxylic acids is 1. The normalized spacial score (nSPS) is 38.4. The SMILES string of the molecule is CC(NC(C)(C)OC(=O)CC[C@@H](C)[C@H]1CCC2[C@@H]3CC[C@@H]4C[C@H](O)CC[C@]4(C)[C@H]3CC[C@@]21C)C(F)(F)C(F)(F)S(=O)(=O)O. The van der Waals surface area contributed by atoms with Crippen molar-refractivity contribution in [2.75, 3.05) is 0 Å². The van der Waals surface area contributed by atoms with E-state index in [1.165, 1.54) is 39.5 Å². The summed E-state index contributed by atoms with van der Waals surface area (Å²) in [5, 5.41) is 6.65. The largest absolute Gasteiger partial charge is 0.444 e. The highest BCUT2D eigenvalue weighted by Gasteiger charge is 2.68. The quantitative estimate of drug-likeness (QED) is 0.104. The first-order chi connectivity index (χ1) is 19.6. The number of rotatable bonds is 10. The Bertz CT molecular complexity index is 1150. The van der Waals surface area contributed by atoms with Crippen molar-refractivity contribution in [2.45, 2.75) is 141 Å². The second kappa shape index (κ2) is 11.7. The van der Waals surface area contributed by atoms with Crippen LogP contribution < -0.4 is 5.32 Å². The molecule has 3 N–H and O–H groups in total. The minimum Gasteiger partial charge on any atom is -0.444 e. The summed E-state index contributed by atoms with van der Waals surface area (Å²) >= 11 is 0. The Morgan fingerprint density at radius 3 is 2.21 bits per heavy atom. The smallest absolute Gasteiger partial charge is 0.433 e. The third kappa shape index (κ3) is 6.24. The molecule has 0 amide bonds. The lowest BCUT2D eigenvalue weighted by atomic mass is 9.44. The number of nitrogens with one attached hydrogen (secondary N) is 1.